The molecule has 82 valence electrons. The zero-order valence-electron chi connectivity index (χ0n) is 8.01. The molecule has 0 spiro atoms. The first kappa shape index (κ1) is 12.1. The number of hydrogen-bond donors (Lipinski definition) is 1. The van der Waals surface area contributed by atoms with E-state index in [2.05, 4.69) is 21.2 Å². The van der Waals surface area contributed by atoms with Gasteiger partial charge in [0.25, 0.3) is 5.91 Å². The van der Waals surface area contributed by atoms with Gasteiger partial charge >= 0.3 is 6.43 Å². The minimum absolute atomic E-state index is 0.427. The van der Waals surface area contributed by atoms with Gasteiger partial charge in [0.05, 0.1) is 6.04 Å². The number of halogens is 3. The summed E-state index contributed by atoms with van der Waals surface area (Å²) in [6, 6.07) is 6.72. The van der Waals surface area contributed by atoms with E-state index in [0.717, 1.165) is 10.0 Å². The lowest BCUT2D eigenvalue weighted by Crippen LogP contribution is -2.31. The van der Waals surface area contributed by atoms with Crippen LogP contribution in [0.1, 0.15) is 18.5 Å². The molecule has 1 N–H and O–H groups in total. The van der Waals surface area contributed by atoms with Crippen LogP contribution in [0.2, 0.25) is 0 Å². The number of rotatable bonds is 3. The molecule has 0 aliphatic heterocycles. The number of benzene rings is 1. The fourth-order valence-electron chi connectivity index (χ4n) is 1.14. The molecule has 0 bridgehead atoms. The third-order valence-electron chi connectivity index (χ3n) is 1.91. The second-order valence-electron chi connectivity index (χ2n) is 3.09. The molecule has 0 heterocycles. The summed E-state index contributed by atoms with van der Waals surface area (Å²) >= 11 is 3.26. The fraction of sp³-hybridized carbons (Fsp3) is 0.300. The van der Waals surface area contributed by atoms with Crippen molar-refractivity contribution in [1.29, 1.82) is 0 Å². The fourth-order valence-corrected chi connectivity index (χ4v) is 1.55. The van der Waals surface area contributed by atoms with Crippen molar-refractivity contribution in [2.24, 2.45) is 0 Å². The summed E-state index contributed by atoms with van der Waals surface area (Å²) in [5.41, 5.74) is 0.776. The highest BCUT2D eigenvalue weighted by atomic mass is 79.9. The molecule has 0 aliphatic rings. The lowest BCUT2D eigenvalue weighted by molar-refractivity contribution is -0.132. The number of amides is 1. The second kappa shape index (κ2) is 5.21. The molecule has 1 atom stereocenters. The Labute approximate surface area is 94.8 Å². The maximum Gasteiger partial charge on any atom is 0.315 e. The van der Waals surface area contributed by atoms with E-state index in [1.807, 2.05) is 6.07 Å². The van der Waals surface area contributed by atoms with Crippen molar-refractivity contribution < 1.29 is 13.6 Å². The molecule has 0 aliphatic carbocycles. The molecule has 0 aromatic heterocycles. The first-order valence-electron chi connectivity index (χ1n) is 4.34. The van der Waals surface area contributed by atoms with E-state index in [9.17, 15) is 13.6 Å². The number of alkyl halides is 2. The summed E-state index contributed by atoms with van der Waals surface area (Å²) in [5.74, 6) is -1.25. The molecule has 0 fully saturated rings. The van der Waals surface area contributed by atoms with Gasteiger partial charge in [-0.1, -0.05) is 28.1 Å². The average Bonchev–Trinajstić information content (AvgIpc) is 2.17. The summed E-state index contributed by atoms with van der Waals surface area (Å²) in [4.78, 5) is 10.7. The third-order valence-corrected chi connectivity index (χ3v) is 2.40. The van der Waals surface area contributed by atoms with Gasteiger partial charge in [-0.25, -0.2) is 0 Å². The maximum absolute atomic E-state index is 12.0. The Hall–Kier alpha value is -0.970. The zero-order chi connectivity index (χ0) is 11.4. The number of hydrogen-bond acceptors (Lipinski definition) is 1. The smallest absolute Gasteiger partial charge is 0.315 e. The van der Waals surface area contributed by atoms with E-state index in [1.165, 1.54) is 0 Å². The molecule has 1 aromatic carbocycles. The maximum atomic E-state index is 12.0. The van der Waals surface area contributed by atoms with Crippen LogP contribution < -0.4 is 5.32 Å². The second-order valence-corrected chi connectivity index (χ2v) is 4.00. The highest BCUT2D eigenvalue weighted by Crippen LogP contribution is 2.17. The predicted octanol–water partition coefficient (Wildman–Crippen LogP) is 2.89. The highest BCUT2D eigenvalue weighted by Gasteiger charge is 2.17. The van der Waals surface area contributed by atoms with E-state index in [1.54, 1.807) is 25.1 Å². The predicted molar refractivity (Wildman–Crippen MR) is 56.7 cm³/mol. The molecular weight excluding hydrogens is 268 g/mol. The molecule has 15 heavy (non-hydrogen) atoms. The van der Waals surface area contributed by atoms with Gasteiger partial charge in [-0.3, -0.25) is 4.79 Å². The molecule has 2 nitrogen and oxygen atoms in total. The Balaban J connectivity index is 2.69. The standard InChI is InChI=1S/C10H10BrF2NO/c1-6(14-10(15)9(12)13)7-3-2-4-8(11)5-7/h2-6,9H,1H3,(H,14,15). The summed E-state index contributed by atoms with van der Waals surface area (Å²) < 4.78 is 24.8. The molecular formula is C10H10BrF2NO. The van der Waals surface area contributed by atoms with Gasteiger partial charge in [-0.05, 0) is 24.6 Å². The van der Waals surface area contributed by atoms with Crippen LogP contribution in [0.4, 0.5) is 8.78 Å². The highest BCUT2D eigenvalue weighted by molar-refractivity contribution is 9.10. The van der Waals surface area contributed by atoms with Crippen LogP contribution in [-0.4, -0.2) is 12.3 Å². The van der Waals surface area contributed by atoms with Gasteiger partial charge in [0.1, 0.15) is 0 Å². The Kier molecular flexibility index (Phi) is 4.20. The third kappa shape index (κ3) is 3.58. The van der Waals surface area contributed by atoms with Gasteiger partial charge < -0.3 is 5.32 Å². The minimum atomic E-state index is -2.97. The lowest BCUT2D eigenvalue weighted by Gasteiger charge is -2.14. The van der Waals surface area contributed by atoms with Crippen molar-refractivity contribution in [3.63, 3.8) is 0 Å². The van der Waals surface area contributed by atoms with Crippen molar-refractivity contribution in [3.8, 4) is 0 Å². The van der Waals surface area contributed by atoms with E-state index in [0.29, 0.717) is 0 Å². The van der Waals surface area contributed by atoms with Crippen LogP contribution in [0, 0.1) is 0 Å². The quantitative estimate of drug-likeness (QED) is 0.905. The summed E-state index contributed by atoms with van der Waals surface area (Å²) in [6.07, 6.45) is -2.97. The van der Waals surface area contributed by atoms with Crippen LogP contribution in [0.25, 0.3) is 0 Å². The van der Waals surface area contributed by atoms with Gasteiger partial charge in [0.2, 0.25) is 0 Å². The van der Waals surface area contributed by atoms with Gasteiger partial charge in [0, 0.05) is 4.47 Å². The van der Waals surface area contributed by atoms with E-state index in [-0.39, 0.29) is 0 Å². The minimum Gasteiger partial charge on any atom is -0.345 e. The largest absolute Gasteiger partial charge is 0.345 e. The monoisotopic (exact) mass is 277 g/mol. The van der Waals surface area contributed by atoms with Crippen molar-refractivity contribution in [2.75, 3.05) is 0 Å². The van der Waals surface area contributed by atoms with Crippen LogP contribution in [0.15, 0.2) is 28.7 Å². The topological polar surface area (TPSA) is 29.1 Å². The molecule has 1 rings (SSSR count). The number of carbonyl (C=O) groups excluding carboxylic acids is 1. The Morgan fingerprint density at radius 3 is 2.67 bits per heavy atom. The summed E-state index contributed by atoms with van der Waals surface area (Å²) in [7, 11) is 0. The van der Waals surface area contributed by atoms with Crippen LogP contribution in [-0.2, 0) is 4.79 Å². The SMILES string of the molecule is CC(NC(=O)C(F)F)c1cccc(Br)c1. The summed E-state index contributed by atoms with van der Waals surface area (Å²) in [5, 5.41) is 2.21. The Bertz CT molecular complexity index is 357. The van der Waals surface area contributed by atoms with Gasteiger partial charge in [-0.15, -0.1) is 0 Å². The molecule has 0 saturated carbocycles. The van der Waals surface area contributed by atoms with Crippen molar-refractivity contribution in [1.82, 2.24) is 5.32 Å². The van der Waals surface area contributed by atoms with Crippen LogP contribution >= 0.6 is 15.9 Å². The average molecular weight is 278 g/mol. The first-order chi connectivity index (χ1) is 7.00. The number of nitrogens with one attached hydrogen (secondary N) is 1. The lowest BCUT2D eigenvalue weighted by atomic mass is 10.1. The van der Waals surface area contributed by atoms with Gasteiger partial charge in [0.15, 0.2) is 0 Å². The summed E-state index contributed by atoms with van der Waals surface area (Å²) in [6.45, 7) is 1.65. The van der Waals surface area contributed by atoms with E-state index >= 15 is 0 Å². The molecule has 0 radical (unpaired) electrons. The van der Waals surface area contributed by atoms with Crippen molar-refractivity contribution >= 4 is 21.8 Å². The zero-order valence-corrected chi connectivity index (χ0v) is 9.59. The van der Waals surface area contributed by atoms with Crippen molar-refractivity contribution in [3.05, 3.63) is 34.3 Å². The molecule has 1 aromatic rings. The van der Waals surface area contributed by atoms with E-state index < -0.39 is 18.4 Å². The van der Waals surface area contributed by atoms with Crippen LogP contribution in [0.5, 0.6) is 0 Å². The first-order valence-corrected chi connectivity index (χ1v) is 5.14. The normalized spacial score (nSPS) is 12.6. The Morgan fingerprint density at radius 2 is 2.13 bits per heavy atom. The molecule has 0 saturated heterocycles. The molecule has 1 amide bonds. The van der Waals surface area contributed by atoms with E-state index in [4.69, 9.17) is 0 Å². The van der Waals surface area contributed by atoms with Gasteiger partial charge in [-0.2, -0.15) is 8.78 Å². The van der Waals surface area contributed by atoms with Crippen molar-refractivity contribution in [2.45, 2.75) is 19.4 Å². The Morgan fingerprint density at radius 1 is 1.47 bits per heavy atom. The van der Waals surface area contributed by atoms with Crippen LogP contribution in [0.3, 0.4) is 0 Å². The number of carbonyl (C=O) groups is 1. The molecule has 5 heteroatoms. The molecule has 1 unspecified atom stereocenters.